The Morgan fingerprint density at radius 2 is 2.05 bits per heavy atom. The van der Waals surface area contributed by atoms with Gasteiger partial charge < -0.3 is 21.1 Å². The van der Waals surface area contributed by atoms with E-state index >= 15 is 0 Å². The number of amides is 2. The molecule has 0 atom stereocenters. The lowest BCUT2D eigenvalue weighted by atomic mass is 10.2. The molecule has 4 N–H and O–H groups in total. The predicted molar refractivity (Wildman–Crippen MR) is 80.0 cm³/mol. The van der Waals surface area contributed by atoms with Crippen molar-refractivity contribution in [3.05, 3.63) is 24.3 Å². The van der Waals surface area contributed by atoms with Crippen LogP contribution in [0.25, 0.3) is 0 Å². The molecule has 0 saturated heterocycles. The molecule has 0 bridgehead atoms. The molecule has 0 heterocycles. The maximum Gasteiger partial charge on any atom is 0.255 e. The van der Waals surface area contributed by atoms with Crippen molar-refractivity contribution >= 4 is 17.5 Å². The van der Waals surface area contributed by atoms with Gasteiger partial charge in [-0.1, -0.05) is 18.9 Å². The number of benzene rings is 1. The van der Waals surface area contributed by atoms with Gasteiger partial charge in [0, 0.05) is 17.8 Å². The van der Waals surface area contributed by atoms with E-state index < -0.39 is 5.91 Å². The molecule has 6 heteroatoms. The van der Waals surface area contributed by atoms with Crippen LogP contribution in [0.3, 0.4) is 0 Å². The molecule has 1 aromatic carbocycles. The molecule has 0 spiro atoms. The van der Waals surface area contributed by atoms with Crippen LogP contribution in [0.15, 0.2) is 24.3 Å². The molecule has 1 fully saturated rings. The Bertz CT molecular complexity index is 499. The summed E-state index contributed by atoms with van der Waals surface area (Å²) in [4.78, 5) is 22.5. The van der Waals surface area contributed by atoms with Crippen LogP contribution in [0.2, 0.25) is 0 Å². The first-order valence-electron chi connectivity index (χ1n) is 7.18. The molecule has 0 aliphatic heterocycles. The van der Waals surface area contributed by atoms with Crippen LogP contribution in [-0.2, 0) is 9.59 Å². The molecule has 1 saturated carbocycles. The number of nitrogens with two attached hydrogens (primary N) is 1. The Morgan fingerprint density at radius 1 is 1.29 bits per heavy atom. The Kier molecular flexibility index (Phi) is 5.57. The first-order chi connectivity index (χ1) is 10.1. The normalized spacial score (nSPS) is 14.9. The van der Waals surface area contributed by atoms with E-state index in [9.17, 15) is 9.59 Å². The summed E-state index contributed by atoms with van der Waals surface area (Å²) in [6.45, 7) is 0.123. The van der Waals surface area contributed by atoms with Crippen molar-refractivity contribution in [1.82, 2.24) is 5.32 Å². The number of primary amides is 1. The molecule has 1 aliphatic rings. The second-order valence-electron chi connectivity index (χ2n) is 5.19. The second-order valence-corrected chi connectivity index (χ2v) is 5.19. The van der Waals surface area contributed by atoms with E-state index in [0.29, 0.717) is 24.0 Å². The fourth-order valence-corrected chi connectivity index (χ4v) is 2.39. The molecule has 2 amide bonds. The Balaban J connectivity index is 1.79. The highest BCUT2D eigenvalue weighted by atomic mass is 16.5. The monoisotopic (exact) mass is 291 g/mol. The molecular weight excluding hydrogens is 270 g/mol. The molecule has 0 aromatic heterocycles. The minimum atomic E-state index is -0.537. The Morgan fingerprint density at radius 3 is 2.76 bits per heavy atom. The van der Waals surface area contributed by atoms with Gasteiger partial charge in [-0.25, -0.2) is 0 Å². The number of hydrogen-bond acceptors (Lipinski definition) is 4. The van der Waals surface area contributed by atoms with Gasteiger partial charge in [0.15, 0.2) is 6.61 Å². The number of anilines is 1. The quantitative estimate of drug-likeness (QED) is 0.699. The van der Waals surface area contributed by atoms with Crippen molar-refractivity contribution in [2.75, 3.05) is 18.5 Å². The third-order valence-corrected chi connectivity index (χ3v) is 3.41. The maximum absolute atomic E-state index is 11.9. The number of rotatable bonds is 7. The van der Waals surface area contributed by atoms with Crippen LogP contribution in [0.5, 0.6) is 5.75 Å². The van der Waals surface area contributed by atoms with Gasteiger partial charge in [-0.05, 0) is 25.0 Å². The molecule has 21 heavy (non-hydrogen) atoms. The Hall–Kier alpha value is -2.08. The zero-order chi connectivity index (χ0) is 15.1. The van der Waals surface area contributed by atoms with Gasteiger partial charge in [0.25, 0.3) is 5.91 Å². The molecule has 0 unspecified atom stereocenters. The van der Waals surface area contributed by atoms with Crippen molar-refractivity contribution in [2.45, 2.75) is 31.7 Å². The van der Waals surface area contributed by atoms with E-state index in [4.69, 9.17) is 10.5 Å². The molecular formula is C15H21N3O3. The zero-order valence-electron chi connectivity index (χ0n) is 11.9. The maximum atomic E-state index is 11.9. The van der Waals surface area contributed by atoms with E-state index in [1.807, 2.05) is 0 Å². The molecule has 2 rings (SSSR count). The third-order valence-electron chi connectivity index (χ3n) is 3.41. The smallest absolute Gasteiger partial charge is 0.255 e. The van der Waals surface area contributed by atoms with Gasteiger partial charge in [0.05, 0.1) is 6.54 Å². The number of hydrogen-bond donors (Lipinski definition) is 3. The number of nitrogens with one attached hydrogen (secondary N) is 2. The predicted octanol–water partition coefficient (Wildman–Crippen LogP) is 1.02. The van der Waals surface area contributed by atoms with E-state index in [1.54, 1.807) is 24.3 Å². The van der Waals surface area contributed by atoms with Gasteiger partial charge in [0.1, 0.15) is 5.75 Å². The van der Waals surface area contributed by atoms with E-state index in [2.05, 4.69) is 10.6 Å². The van der Waals surface area contributed by atoms with E-state index in [-0.39, 0.29) is 12.5 Å². The lowest BCUT2D eigenvalue weighted by Gasteiger charge is -2.12. The summed E-state index contributed by atoms with van der Waals surface area (Å²) in [6.07, 6.45) is 4.75. The minimum absolute atomic E-state index is 0.0889. The van der Waals surface area contributed by atoms with Crippen LogP contribution in [0.1, 0.15) is 25.7 Å². The van der Waals surface area contributed by atoms with Crippen LogP contribution in [-0.4, -0.2) is 31.0 Å². The van der Waals surface area contributed by atoms with Crippen molar-refractivity contribution in [1.29, 1.82) is 0 Å². The fourth-order valence-electron chi connectivity index (χ4n) is 2.39. The van der Waals surface area contributed by atoms with Gasteiger partial charge in [-0.15, -0.1) is 0 Å². The standard InChI is InChI=1S/C15H21N3O3/c16-14(19)10-21-13-7-3-6-12(8-13)18-15(20)9-17-11-4-1-2-5-11/h3,6-8,11,17H,1-2,4-5,9-10H2,(H2,16,19)(H,18,20). The summed E-state index contributed by atoms with van der Waals surface area (Å²) in [5.74, 6) is -0.130. The van der Waals surface area contributed by atoms with Crippen molar-refractivity contribution in [3.8, 4) is 5.75 Å². The summed E-state index contributed by atoms with van der Waals surface area (Å²) >= 11 is 0. The summed E-state index contributed by atoms with van der Waals surface area (Å²) < 4.78 is 5.19. The topological polar surface area (TPSA) is 93.5 Å². The first kappa shape index (κ1) is 15.3. The zero-order valence-corrected chi connectivity index (χ0v) is 11.9. The summed E-state index contributed by atoms with van der Waals surface area (Å²) in [5, 5.41) is 6.05. The highest BCUT2D eigenvalue weighted by Gasteiger charge is 2.15. The Labute approximate surface area is 124 Å². The average Bonchev–Trinajstić information content (AvgIpc) is 2.97. The van der Waals surface area contributed by atoms with Crippen LogP contribution in [0, 0.1) is 0 Å². The molecule has 6 nitrogen and oxygen atoms in total. The van der Waals surface area contributed by atoms with Gasteiger partial charge in [-0.3, -0.25) is 9.59 Å². The number of carbonyl (C=O) groups excluding carboxylic acids is 2. The largest absolute Gasteiger partial charge is 0.484 e. The van der Waals surface area contributed by atoms with Gasteiger partial charge in [-0.2, -0.15) is 0 Å². The van der Waals surface area contributed by atoms with Crippen molar-refractivity contribution < 1.29 is 14.3 Å². The van der Waals surface area contributed by atoms with Crippen LogP contribution in [0.4, 0.5) is 5.69 Å². The van der Waals surface area contributed by atoms with E-state index in [1.165, 1.54) is 12.8 Å². The lowest BCUT2D eigenvalue weighted by Crippen LogP contribution is -2.34. The van der Waals surface area contributed by atoms with Crippen molar-refractivity contribution in [2.24, 2.45) is 5.73 Å². The fraction of sp³-hybridized carbons (Fsp3) is 0.467. The molecule has 1 aromatic rings. The molecule has 114 valence electrons. The molecule has 0 radical (unpaired) electrons. The summed E-state index contributed by atoms with van der Waals surface area (Å²) in [6, 6.07) is 7.34. The highest BCUT2D eigenvalue weighted by Crippen LogP contribution is 2.18. The summed E-state index contributed by atoms with van der Waals surface area (Å²) in [5.41, 5.74) is 5.65. The number of ether oxygens (including phenoxy) is 1. The SMILES string of the molecule is NC(=O)COc1cccc(NC(=O)CNC2CCCC2)c1. The lowest BCUT2D eigenvalue weighted by molar-refractivity contribution is -0.120. The molecule has 1 aliphatic carbocycles. The first-order valence-corrected chi connectivity index (χ1v) is 7.18. The minimum Gasteiger partial charge on any atom is -0.484 e. The average molecular weight is 291 g/mol. The number of carbonyl (C=O) groups is 2. The third kappa shape index (κ3) is 5.43. The summed E-state index contributed by atoms with van der Waals surface area (Å²) in [7, 11) is 0. The van der Waals surface area contributed by atoms with Crippen LogP contribution >= 0.6 is 0 Å². The van der Waals surface area contributed by atoms with Crippen LogP contribution < -0.4 is 21.1 Å². The van der Waals surface area contributed by atoms with Gasteiger partial charge in [0.2, 0.25) is 5.91 Å². The highest BCUT2D eigenvalue weighted by molar-refractivity contribution is 5.92. The van der Waals surface area contributed by atoms with Crippen molar-refractivity contribution in [3.63, 3.8) is 0 Å². The van der Waals surface area contributed by atoms with E-state index in [0.717, 1.165) is 12.8 Å². The second kappa shape index (κ2) is 7.64. The van der Waals surface area contributed by atoms with Gasteiger partial charge >= 0.3 is 0 Å².